The molecule has 0 saturated carbocycles. The Morgan fingerprint density at radius 1 is 1.20 bits per heavy atom. The minimum Gasteiger partial charge on any atom is -0.464 e. The largest absolute Gasteiger partial charge is 0.464 e. The highest BCUT2D eigenvalue weighted by Crippen LogP contribution is 2.29. The molecule has 0 aliphatic heterocycles. The lowest BCUT2D eigenvalue weighted by molar-refractivity contribution is 0.590. The average molecular weight is 335 g/mol. The number of para-hydroxylation sites is 1. The van der Waals surface area contributed by atoms with Gasteiger partial charge < -0.3 is 8.98 Å². The SMILES string of the molecule is CCCCCn1c(C)cc(=O)n2cc(-c3coc4ccccc34)nc12. The molecule has 128 valence electrons. The number of nitrogens with zero attached hydrogens (tertiary/aromatic N) is 3. The van der Waals surface area contributed by atoms with Gasteiger partial charge in [0.2, 0.25) is 5.78 Å². The van der Waals surface area contributed by atoms with Crippen molar-refractivity contribution in [3.8, 4) is 11.3 Å². The molecule has 0 aliphatic carbocycles. The Hall–Kier alpha value is -2.82. The van der Waals surface area contributed by atoms with Crippen LogP contribution < -0.4 is 5.56 Å². The lowest BCUT2D eigenvalue weighted by Crippen LogP contribution is -2.18. The summed E-state index contributed by atoms with van der Waals surface area (Å²) in [5, 5.41) is 1.01. The maximum Gasteiger partial charge on any atom is 0.259 e. The second-order valence-corrected chi connectivity index (χ2v) is 6.42. The molecule has 0 aliphatic rings. The predicted octanol–water partition coefficient (Wildman–Crippen LogP) is 4.41. The lowest BCUT2D eigenvalue weighted by Gasteiger charge is -2.11. The van der Waals surface area contributed by atoms with Crippen molar-refractivity contribution in [2.75, 3.05) is 0 Å². The van der Waals surface area contributed by atoms with Crippen LogP contribution in [0.15, 0.2) is 52.0 Å². The Bertz CT molecular complexity index is 1100. The fourth-order valence-corrected chi connectivity index (χ4v) is 3.31. The summed E-state index contributed by atoms with van der Waals surface area (Å²) in [5.74, 6) is 0.696. The van der Waals surface area contributed by atoms with Crippen LogP contribution in [-0.4, -0.2) is 14.0 Å². The first-order valence-corrected chi connectivity index (χ1v) is 8.75. The van der Waals surface area contributed by atoms with Gasteiger partial charge in [0.15, 0.2) is 0 Å². The van der Waals surface area contributed by atoms with Gasteiger partial charge in [-0.05, 0) is 19.4 Å². The number of fused-ring (bicyclic) bond motifs is 2. The lowest BCUT2D eigenvalue weighted by atomic mass is 10.1. The molecule has 25 heavy (non-hydrogen) atoms. The molecule has 0 radical (unpaired) electrons. The Morgan fingerprint density at radius 3 is 2.88 bits per heavy atom. The van der Waals surface area contributed by atoms with Gasteiger partial charge in [0.1, 0.15) is 11.8 Å². The minimum absolute atomic E-state index is 0.0502. The van der Waals surface area contributed by atoms with Crippen LogP contribution in [0.5, 0.6) is 0 Å². The first-order chi connectivity index (χ1) is 12.2. The van der Waals surface area contributed by atoms with Gasteiger partial charge in [-0.15, -0.1) is 0 Å². The third-order valence-electron chi connectivity index (χ3n) is 4.67. The standard InChI is InChI=1S/C20H21N3O2/c1-3-4-7-10-22-14(2)11-19(24)23-12-17(21-20(22)23)16-13-25-18-9-6-5-8-15(16)18/h5-6,8-9,11-13H,3-4,7,10H2,1-2H3. The van der Waals surface area contributed by atoms with E-state index >= 15 is 0 Å². The van der Waals surface area contributed by atoms with Gasteiger partial charge in [-0.2, -0.15) is 0 Å². The van der Waals surface area contributed by atoms with Crippen LogP contribution >= 0.6 is 0 Å². The summed E-state index contributed by atoms with van der Waals surface area (Å²) in [6.07, 6.45) is 6.93. The zero-order chi connectivity index (χ0) is 17.4. The number of aromatic nitrogens is 3. The highest BCUT2D eigenvalue weighted by molar-refractivity contribution is 5.93. The van der Waals surface area contributed by atoms with E-state index in [9.17, 15) is 4.79 Å². The first-order valence-electron chi connectivity index (χ1n) is 8.75. The maximum absolute atomic E-state index is 12.4. The van der Waals surface area contributed by atoms with E-state index in [1.54, 1.807) is 16.7 Å². The molecule has 0 unspecified atom stereocenters. The van der Waals surface area contributed by atoms with Gasteiger partial charge in [0.25, 0.3) is 5.56 Å². The van der Waals surface area contributed by atoms with Gasteiger partial charge in [0, 0.05) is 35.5 Å². The molecule has 3 heterocycles. The highest BCUT2D eigenvalue weighted by Gasteiger charge is 2.15. The maximum atomic E-state index is 12.4. The summed E-state index contributed by atoms with van der Waals surface area (Å²) in [4.78, 5) is 17.2. The van der Waals surface area contributed by atoms with Crippen LogP contribution in [0.2, 0.25) is 0 Å². The van der Waals surface area contributed by atoms with Gasteiger partial charge in [0.05, 0.1) is 5.69 Å². The zero-order valence-corrected chi connectivity index (χ0v) is 14.5. The number of furan rings is 1. The van der Waals surface area contributed by atoms with Crippen LogP contribution in [0, 0.1) is 6.92 Å². The van der Waals surface area contributed by atoms with E-state index in [4.69, 9.17) is 9.40 Å². The molecule has 4 aromatic rings. The van der Waals surface area contributed by atoms with Crippen molar-refractivity contribution in [2.24, 2.45) is 0 Å². The molecule has 0 atom stereocenters. The minimum atomic E-state index is -0.0502. The number of benzene rings is 1. The van der Waals surface area contributed by atoms with Crippen molar-refractivity contribution in [3.05, 3.63) is 58.8 Å². The summed E-state index contributed by atoms with van der Waals surface area (Å²) in [6, 6.07) is 9.54. The first kappa shape index (κ1) is 15.7. The van der Waals surface area contributed by atoms with E-state index in [1.807, 2.05) is 37.4 Å². The summed E-state index contributed by atoms with van der Waals surface area (Å²) < 4.78 is 9.39. The Morgan fingerprint density at radius 2 is 2.04 bits per heavy atom. The molecule has 0 spiro atoms. The van der Waals surface area contributed by atoms with Crippen LogP contribution in [0.4, 0.5) is 0 Å². The van der Waals surface area contributed by atoms with E-state index in [-0.39, 0.29) is 5.56 Å². The second kappa shape index (κ2) is 6.24. The van der Waals surface area contributed by atoms with E-state index < -0.39 is 0 Å². The number of rotatable bonds is 5. The Balaban J connectivity index is 1.88. The average Bonchev–Trinajstić information content (AvgIpc) is 3.22. The van der Waals surface area contributed by atoms with Crippen molar-refractivity contribution in [1.82, 2.24) is 14.0 Å². The molecule has 1 aromatic carbocycles. The Kier molecular flexibility index (Phi) is 3.92. The second-order valence-electron chi connectivity index (χ2n) is 6.42. The van der Waals surface area contributed by atoms with Crippen molar-refractivity contribution in [2.45, 2.75) is 39.7 Å². The summed E-state index contributed by atoms with van der Waals surface area (Å²) in [7, 11) is 0. The number of unbranched alkanes of at least 4 members (excludes halogenated alkanes) is 2. The van der Waals surface area contributed by atoms with Crippen LogP contribution in [0.3, 0.4) is 0 Å². The van der Waals surface area contributed by atoms with E-state index in [1.165, 1.54) is 0 Å². The highest BCUT2D eigenvalue weighted by atomic mass is 16.3. The fraction of sp³-hybridized carbons (Fsp3) is 0.300. The van der Waals surface area contributed by atoms with Crippen molar-refractivity contribution < 1.29 is 4.42 Å². The zero-order valence-electron chi connectivity index (χ0n) is 14.5. The smallest absolute Gasteiger partial charge is 0.259 e. The molecule has 3 aromatic heterocycles. The van der Waals surface area contributed by atoms with Crippen molar-refractivity contribution in [1.29, 1.82) is 0 Å². The summed E-state index contributed by atoms with van der Waals surface area (Å²) in [5.41, 5.74) is 3.39. The van der Waals surface area contributed by atoms with Gasteiger partial charge in [-0.25, -0.2) is 4.98 Å². The molecule has 0 saturated heterocycles. The van der Waals surface area contributed by atoms with Crippen molar-refractivity contribution in [3.63, 3.8) is 0 Å². The van der Waals surface area contributed by atoms with Gasteiger partial charge in [-0.1, -0.05) is 38.0 Å². The molecule has 5 nitrogen and oxygen atoms in total. The predicted molar refractivity (Wildman–Crippen MR) is 98.9 cm³/mol. The molecule has 0 amide bonds. The molecule has 0 N–H and O–H groups in total. The molecule has 0 fully saturated rings. The number of hydrogen-bond donors (Lipinski definition) is 0. The monoisotopic (exact) mass is 335 g/mol. The van der Waals surface area contributed by atoms with Crippen LogP contribution in [0.1, 0.15) is 31.9 Å². The summed E-state index contributed by atoms with van der Waals surface area (Å²) in [6.45, 7) is 5.02. The molecule has 4 rings (SSSR count). The molecule has 0 bridgehead atoms. The van der Waals surface area contributed by atoms with E-state index in [0.717, 1.165) is 53.7 Å². The molecular formula is C20H21N3O2. The van der Waals surface area contributed by atoms with Gasteiger partial charge in [-0.3, -0.25) is 9.20 Å². The number of hydrogen-bond acceptors (Lipinski definition) is 3. The number of imidazole rings is 1. The Labute approximate surface area is 145 Å². The van der Waals surface area contributed by atoms with Crippen LogP contribution in [0.25, 0.3) is 28.0 Å². The normalized spacial score (nSPS) is 11.6. The quantitative estimate of drug-likeness (QED) is 0.508. The van der Waals surface area contributed by atoms with E-state index in [2.05, 4.69) is 11.5 Å². The molecule has 5 heteroatoms. The third-order valence-corrected chi connectivity index (χ3v) is 4.67. The van der Waals surface area contributed by atoms with E-state index in [0.29, 0.717) is 5.78 Å². The number of aryl methyl sites for hydroxylation is 2. The summed E-state index contributed by atoms with van der Waals surface area (Å²) >= 11 is 0. The fourth-order valence-electron chi connectivity index (χ4n) is 3.31. The topological polar surface area (TPSA) is 52.4 Å². The molecular weight excluding hydrogens is 314 g/mol. The van der Waals surface area contributed by atoms with Crippen LogP contribution in [-0.2, 0) is 6.54 Å². The third kappa shape index (κ3) is 2.65. The van der Waals surface area contributed by atoms with Gasteiger partial charge >= 0.3 is 0 Å². The van der Waals surface area contributed by atoms with Crippen molar-refractivity contribution >= 4 is 16.7 Å².